The van der Waals surface area contributed by atoms with Crippen LogP contribution in [0.15, 0.2) is 24.3 Å². The number of amides is 1. The van der Waals surface area contributed by atoms with E-state index in [0.717, 1.165) is 11.3 Å². The fourth-order valence-corrected chi connectivity index (χ4v) is 1.70. The minimum absolute atomic E-state index is 0.0452. The largest absolute Gasteiger partial charge is 0.392 e. The number of nitrogens with one attached hydrogen (secondary N) is 1. The molecule has 0 spiro atoms. The molecule has 17 heavy (non-hydrogen) atoms. The zero-order valence-electron chi connectivity index (χ0n) is 10.6. The monoisotopic (exact) mass is 236 g/mol. The molecule has 4 nitrogen and oxygen atoms in total. The number of hydrogen-bond acceptors (Lipinski definition) is 3. The topological polar surface area (TPSA) is 52.6 Å². The van der Waals surface area contributed by atoms with E-state index in [1.165, 1.54) is 0 Å². The van der Waals surface area contributed by atoms with Crippen LogP contribution >= 0.6 is 0 Å². The van der Waals surface area contributed by atoms with Crippen molar-refractivity contribution < 1.29 is 9.90 Å². The summed E-state index contributed by atoms with van der Waals surface area (Å²) >= 11 is 0. The van der Waals surface area contributed by atoms with Crippen LogP contribution < -0.4 is 10.2 Å². The normalized spacial score (nSPS) is 12.0. The van der Waals surface area contributed by atoms with Gasteiger partial charge in [0.1, 0.15) is 0 Å². The Labute approximate surface area is 102 Å². The van der Waals surface area contributed by atoms with Gasteiger partial charge in [-0.1, -0.05) is 19.1 Å². The number of hydrogen-bond donors (Lipinski definition) is 2. The molecule has 4 heteroatoms. The third-order valence-electron chi connectivity index (χ3n) is 2.80. The van der Waals surface area contributed by atoms with Crippen LogP contribution in [-0.4, -0.2) is 31.7 Å². The van der Waals surface area contributed by atoms with Crippen molar-refractivity contribution in [2.24, 2.45) is 5.92 Å². The molecule has 0 fully saturated rings. The smallest absolute Gasteiger partial charge is 0.224 e. The highest BCUT2D eigenvalue weighted by molar-refractivity contribution is 5.78. The number of aliphatic hydroxyl groups is 1. The van der Waals surface area contributed by atoms with Crippen molar-refractivity contribution in [1.29, 1.82) is 0 Å². The van der Waals surface area contributed by atoms with E-state index in [2.05, 4.69) is 5.32 Å². The zero-order chi connectivity index (χ0) is 12.8. The maximum atomic E-state index is 11.4. The molecule has 0 aromatic heterocycles. The maximum absolute atomic E-state index is 11.4. The van der Waals surface area contributed by atoms with Crippen LogP contribution in [0.3, 0.4) is 0 Å². The molecule has 1 atom stereocenters. The molecule has 1 rings (SSSR count). The predicted molar refractivity (Wildman–Crippen MR) is 68.9 cm³/mol. The summed E-state index contributed by atoms with van der Waals surface area (Å²) < 4.78 is 0. The highest BCUT2D eigenvalue weighted by atomic mass is 16.3. The molecular formula is C13H20N2O2. The Morgan fingerprint density at radius 3 is 2.47 bits per heavy atom. The molecular weight excluding hydrogens is 216 g/mol. The van der Waals surface area contributed by atoms with Gasteiger partial charge in [-0.25, -0.2) is 0 Å². The Morgan fingerprint density at radius 1 is 1.41 bits per heavy atom. The first-order valence-corrected chi connectivity index (χ1v) is 5.71. The van der Waals surface area contributed by atoms with E-state index in [4.69, 9.17) is 5.11 Å². The zero-order valence-corrected chi connectivity index (χ0v) is 10.6. The molecule has 0 radical (unpaired) electrons. The van der Waals surface area contributed by atoms with Crippen LogP contribution in [0.1, 0.15) is 12.5 Å². The van der Waals surface area contributed by atoms with E-state index in [9.17, 15) is 4.79 Å². The van der Waals surface area contributed by atoms with E-state index in [0.29, 0.717) is 6.54 Å². The van der Waals surface area contributed by atoms with Crippen LogP contribution in [0, 0.1) is 5.92 Å². The lowest BCUT2D eigenvalue weighted by Crippen LogP contribution is -2.34. The molecule has 0 aliphatic rings. The summed E-state index contributed by atoms with van der Waals surface area (Å²) in [7, 11) is 3.60. The molecule has 0 heterocycles. The number of carbonyl (C=O) groups is 1. The fourth-order valence-electron chi connectivity index (χ4n) is 1.70. The van der Waals surface area contributed by atoms with Gasteiger partial charge in [0.05, 0.1) is 12.5 Å². The fraction of sp³-hybridized carbons (Fsp3) is 0.462. The standard InChI is InChI=1S/C13H20N2O2/c1-10(13(17)14-2)8-15(3)12-6-4-11(9-16)5-7-12/h4-7,10,16H,8-9H2,1-3H3,(H,14,17). The van der Waals surface area contributed by atoms with Crippen LogP contribution in [0.25, 0.3) is 0 Å². The summed E-state index contributed by atoms with van der Waals surface area (Å²) in [6.45, 7) is 2.62. The molecule has 1 amide bonds. The lowest BCUT2D eigenvalue weighted by atomic mass is 10.1. The Morgan fingerprint density at radius 2 is 2.00 bits per heavy atom. The quantitative estimate of drug-likeness (QED) is 0.802. The first-order valence-electron chi connectivity index (χ1n) is 5.71. The number of anilines is 1. The molecule has 2 N–H and O–H groups in total. The summed E-state index contributed by atoms with van der Waals surface area (Å²) in [5.74, 6) is -0.00801. The van der Waals surface area contributed by atoms with Gasteiger partial charge in [0.15, 0.2) is 0 Å². The third-order valence-corrected chi connectivity index (χ3v) is 2.80. The summed E-state index contributed by atoms with van der Waals surface area (Å²) in [4.78, 5) is 13.4. The average Bonchev–Trinajstić information content (AvgIpc) is 2.37. The first kappa shape index (κ1) is 13.5. The summed E-state index contributed by atoms with van der Waals surface area (Å²) in [6.07, 6.45) is 0. The summed E-state index contributed by atoms with van der Waals surface area (Å²) in [6, 6.07) is 7.66. The molecule has 1 unspecified atom stereocenters. The van der Waals surface area contributed by atoms with Crippen molar-refractivity contribution in [1.82, 2.24) is 5.32 Å². The minimum atomic E-state index is -0.0532. The van der Waals surface area contributed by atoms with Crippen molar-refractivity contribution >= 4 is 11.6 Å². The predicted octanol–water partition coefficient (Wildman–Crippen LogP) is 0.997. The second kappa shape index (κ2) is 6.25. The Hall–Kier alpha value is -1.55. The van der Waals surface area contributed by atoms with Gasteiger partial charge in [-0.15, -0.1) is 0 Å². The molecule has 94 valence electrons. The number of rotatable bonds is 5. The van der Waals surface area contributed by atoms with Gasteiger partial charge in [-0.2, -0.15) is 0 Å². The SMILES string of the molecule is CNC(=O)C(C)CN(C)c1ccc(CO)cc1. The molecule has 0 saturated heterocycles. The molecule has 1 aromatic rings. The highest BCUT2D eigenvalue weighted by Crippen LogP contribution is 2.15. The molecule has 1 aromatic carbocycles. The van der Waals surface area contributed by atoms with Gasteiger partial charge >= 0.3 is 0 Å². The Bertz CT molecular complexity index is 362. The Kier molecular flexibility index (Phi) is 4.97. The number of carbonyl (C=O) groups excluding carboxylic acids is 1. The van der Waals surface area contributed by atoms with Crippen molar-refractivity contribution in [3.05, 3.63) is 29.8 Å². The second-order valence-electron chi connectivity index (χ2n) is 4.22. The summed E-state index contributed by atoms with van der Waals surface area (Å²) in [5, 5.41) is 11.6. The molecule has 0 saturated carbocycles. The van der Waals surface area contributed by atoms with Crippen molar-refractivity contribution in [2.75, 3.05) is 25.5 Å². The van der Waals surface area contributed by atoms with E-state index < -0.39 is 0 Å². The van der Waals surface area contributed by atoms with E-state index >= 15 is 0 Å². The molecule has 0 aliphatic carbocycles. The summed E-state index contributed by atoms with van der Waals surface area (Å²) in [5.41, 5.74) is 1.93. The number of benzene rings is 1. The van der Waals surface area contributed by atoms with Crippen LogP contribution in [0.5, 0.6) is 0 Å². The maximum Gasteiger partial charge on any atom is 0.224 e. The number of aliphatic hydroxyl groups excluding tert-OH is 1. The number of nitrogens with zero attached hydrogens (tertiary/aromatic N) is 1. The lowest BCUT2D eigenvalue weighted by molar-refractivity contribution is -0.123. The minimum Gasteiger partial charge on any atom is -0.392 e. The first-order chi connectivity index (χ1) is 8.08. The van der Waals surface area contributed by atoms with Crippen molar-refractivity contribution in [3.8, 4) is 0 Å². The van der Waals surface area contributed by atoms with E-state index in [1.807, 2.05) is 43.1 Å². The van der Waals surface area contributed by atoms with Crippen LogP contribution in [-0.2, 0) is 11.4 Å². The molecule has 0 aliphatic heterocycles. The van der Waals surface area contributed by atoms with E-state index in [1.54, 1.807) is 7.05 Å². The van der Waals surface area contributed by atoms with Gasteiger partial charge < -0.3 is 15.3 Å². The van der Waals surface area contributed by atoms with Crippen LogP contribution in [0.4, 0.5) is 5.69 Å². The average molecular weight is 236 g/mol. The van der Waals surface area contributed by atoms with Gasteiger partial charge in [-0.05, 0) is 17.7 Å². The third kappa shape index (κ3) is 3.75. The van der Waals surface area contributed by atoms with Gasteiger partial charge in [0, 0.05) is 26.3 Å². The van der Waals surface area contributed by atoms with Gasteiger partial charge in [0.25, 0.3) is 0 Å². The highest BCUT2D eigenvalue weighted by Gasteiger charge is 2.13. The lowest BCUT2D eigenvalue weighted by Gasteiger charge is -2.22. The molecule has 0 bridgehead atoms. The van der Waals surface area contributed by atoms with Gasteiger partial charge in [0.2, 0.25) is 5.91 Å². The van der Waals surface area contributed by atoms with E-state index in [-0.39, 0.29) is 18.4 Å². The Balaban J connectivity index is 2.62. The van der Waals surface area contributed by atoms with Crippen molar-refractivity contribution in [2.45, 2.75) is 13.5 Å². The van der Waals surface area contributed by atoms with Gasteiger partial charge in [-0.3, -0.25) is 4.79 Å². The van der Waals surface area contributed by atoms with Crippen molar-refractivity contribution in [3.63, 3.8) is 0 Å². The van der Waals surface area contributed by atoms with Crippen LogP contribution in [0.2, 0.25) is 0 Å². The second-order valence-corrected chi connectivity index (χ2v) is 4.22.